The molecule has 0 unspecified atom stereocenters. The topological polar surface area (TPSA) is 62.2 Å². The summed E-state index contributed by atoms with van der Waals surface area (Å²) in [5.74, 6) is -0.961. The summed E-state index contributed by atoms with van der Waals surface area (Å²) in [7, 11) is 0. The van der Waals surface area contributed by atoms with Crippen LogP contribution in [-0.2, 0) is 0 Å². The molecule has 0 radical (unpaired) electrons. The first-order chi connectivity index (χ1) is 11.5. The maximum atomic E-state index is 11.6. The predicted molar refractivity (Wildman–Crippen MR) is 98.4 cm³/mol. The maximum Gasteiger partial charge on any atom is 0.348 e. The number of aromatic carboxylic acids is 1. The fraction of sp³-hybridized carbons (Fsp3) is 0.158. The SMILES string of the molecule is Cc1cc(C)c(Nc2nc(-c3ccccc3)c(C(=O)O)s2)c(C)c1. The molecule has 5 heteroatoms. The molecule has 0 aliphatic rings. The van der Waals surface area contributed by atoms with E-state index in [0.29, 0.717) is 10.8 Å². The Hall–Kier alpha value is -2.66. The summed E-state index contributed by atoms with van der Waals surface area (Å²) in [5.41, 5.74) is 5.70. The molecule has 0 spiro atoms. The molecule has 0 bridgehead atoms. The van der Waals surface area contributed by atoms with Gasteiger partial charge < -0.3 is 10.4 Å². The monoisotopic (exact) mass is 338 g/mol. The van der Waals surface area contributed by atoms with Gasteiger partial charge in [0, 0.05) is 11.3 Å². The van der Waals surface area contributed by atoms with Crippen molar-refractivity contribution in [1.82, 2.24) is 4.98 Å². The molecule has 0 aliphatic carbocycles. The van der Waals surface area contributed by atoms with Gasteiger partial charge in [0.1, 0.15) is 4.88 Å². The minimum atomic E-state index is -0.961. The van der Waals surface area contributed by atoms with E-state index in [1.165, 1.54) is 5.56 Å². The van der Waals surface area contributed by atoms with Gasteiger partial charge in [-0.1, -0.05) is 59.4 Å². The zero-order valence-electron chi connectivity index (χ0n) is 13.8. The number of carboxylic acids is 1. The van der Waals surface area contributed by atoms with Crippen molar-refractivity contribution in [3.63, 3.8) is 0 Å². The zero-order valence-corrected chi connectivity index (χ0v) is 14.6. The van der Waals surface area contributed by atoms with Crippen molar-refractivity contribution in [2.24, 2.45) is 0 Å². The predicted octanol–water partition coefficient (Wildman–Crippen LogP) is 5.18. The summed E-state index contributed by atoms with van der Waals surface area (Å²) in [6, 6.07) is 13.6. The molecule has 0 fully saturated rings. The summed E-state index contributed by atoms with van der Waals surface area (Å²) in [6.07, 6.45) is 0. The normalized spacial score (nSPS) is 10.6. The number of anilines is 2. The molecule has 3 aromatic rings. The molecule has 0 amide bonds. The average Bonchev–Trinajstić information content (AvgIpc) is 2.96. The highest BCUT2D eigenvalue weighted by atomic mass is 32.1. The number of thiazole rings is 1. The third kappa shape index (κ3) is 3.16. The first kappa shape index (κ1) is 16.2. The Kier molecular flexibility index (Phi) is 4.36. The van der Waals surface area contributed by atoms with Gasteiger partial charge in [0.15, 0.2) is 5.13 Å². The van der Waals surface area contributed by atoms with E-state index in [0.717, 1.165) is 33.7 Å². The van der Waals surface area contributed by atoms with Gasteiger partial charge in [-0.25, -0.2) is 9.78 Å². The Balaban J connectivity index is 2.03. The minimum absolute atomic E-state index is 0.242. The third-order valence-electron chi connectivity index (χ3n) is 3.78. The lowest BCUT2D eigenvalue weighted by Gasteiger charge is -2.11. The molecule has 3 rings (SSSR count). The molecule has 122 valence electrons. The van der Waals surface area contributed by atoms with Gasteiger partial charge in [-0.2, -0.15) is 0 Å². The van der Waals surface area contributed by atoms with Crippen LogP contribution < -0.4 is 5.32 Å². The number of carboxylic acid groups (broad SMARTS) is 1. The van der Waals surface area contributed by atoms with Crippen LogP contribution >= 0.6 is 11.3 Å². The van der Waals surface area contributed by atoms with Crippen molar-refractivity contribution >= 4 is 28.1 Å². The van der Waals surface area contributed by atoms with E-state index in [9.17, 15) is 9.90 Å². The second-order valence-electron chi connectivity index (χ2n) is 5.77. The number of aromatic nitrogens is 1. The van der Waals surface area contributed by atoms with E-state index < -0.39 is 5.97 Å². The Labute approximate surface area is 144 Å². The van der Waals surface area contributed by atoms with Crippen LogP contribution in [0.25, 0.3) is 11.3 Å². The molecule has 2 aromatic carbocycles. The summed E-state index contributed by atoms with van der Waals surface area (Å²) in [6.45, 7) is 6.13. The maximum absolute atomic E-state index is 11.6. The van der Waals surface area contributed by atoms with Crippen LogP contribution in [0.2, 0.25) is 0 Å². The van der Waals surface area contributed by atoms with Gasteiger partial charge in [-0.15, -0.1) is 0 Å². The Bertz CT molecular complexity index is 878. The molecule has 0 saturated carbocycles. The van der Waals surface area contributed by atoms with E-state index in [4.69, 9.17) is 0 Å². The molecule has 2 N–H and O–H groups in total. The molecule has 4 nitrogen and oxygen atoms in total. The van der Waals surface area contributed by atoms with Crippen molar-refractivity contribution in [1.29, 1.82) is 0 Å². The second kappa shape index (κ2) is 6.45. The fourth-order valence-electron chi connectivity index (χ4n) is 2.79. The number of benzene rings is 2. The van der Waals surface area contributed by atoms with Gasteiger partial charge in [0.25, 0.3) is 0 Å². The first-order valence-corrected chi connectivity index (χ1v) is 8.42. The standard InChI is InChI=1S/C19H18N2O2S/c1-11-9-12(2)15(13(3)10-11)20-19-21-16(17(24-19)18(22)23)14-7-5-4-6-8-14/h4-10H,1-3H3,(H,20,21)(H,22,23). The molecule has 0 saturated heterocycles. The van der Waals surface area contributed by atoms with Crippen LogP contribution in [0, 0.1) is 20.8 Å². The number of nitrogens with one attached hydrogen (secondary N) is 1. The first-order valence-electron chi connectivity index (χ1n) is 7.60. The number of hydrogen-bond donors (Lipinski definition) is 2. The van der Waals surface area contributed by atoms with Crippen LogP contribution in [-0.4, -0.2) is 16.1 Å². The molecular formula is C19H18N2O2S. The molecular weight excluding hydrogens is 320 g/mol. The van der Waals surface area contributed by atoms with E-state index in [1.807, 2.05) is 44.2 Å². The fourth-order valence-corrected chi connectivity index (χ4v) is 3.63. The van der Waals surface area contributed by atoms with Crippen molar-refractivity contribution in [3.8, 4) is 11.3 Å². The lowest BCUT2D eigenvalue weighted by Crippen LogP contribution is -1.96. The zero-order chi connectivity index (χ0) is 17.3. The number of hydrogen-bond acceptors (Lipinski definition) is 4. The van der Waals surface area contributed by atoms with Crippen molar-refractivity contribution in [2.75, 3.05) is 5.32 Å². The van der Waals surface area contributed by atoms with E-state index >= 15 is 0 Å². The second-order valence-corrected chi connectivity index (χ2v) is 6.77. The number of rotatable bonds is 4. The average molecular weight is 338 g/mol. The van der Waals surface area contributed by atoms with Crippen molar-refractivity contribution in [2.45, 2.75) is 20.8 Å². The molecule has 0 atom stereocenters. The molecule has 1 heterocycles. The highest BCUT2D eigenvalue weighted by molar-refractivity contribution is 7.18. The van der Waals surface area contributed by atoms with Crippen LogP contribution in [0.3, 0.4) is 0 Å². The Morgan fingerprint density at radius 2 is 1.71 bits per heavy atom. The highest BCUT2D eigenvalue weighted by Gasteiger charge is 2.19. The lowest BCUT2D eigenvalue weighted by atomic mass is 10.1. The Morgan fingerprint density at radius 3 is 2.29 bits per heavy atom. The van der Waals surface area contributed by atoms with Gasteiger partial charge in [-0.05, 0) is 31.9 Å². The van der Waals surface area contributed by atoms with Gasteiger partial charge in [-0.3, -0.25) is 0 Å². The van der Waals surface area contributed by atoms with Crippen molar-refractivity contribution in [3.05, 3.63) is 64.0 Å². The number of nitrogens with zero attached hydrogens (tertiary/aromatic N) is 1. The van der Waals surface area contributed by atoms with Crippen LogP contribution in [0.4, 0.5) is 10.8 Å². The lowest BCUT2D eigenvalue weighted by molar-refractivity contribution is 0.0702. The third-order valence-corrected chi connectivity index (χ3v) is 4.74. The van der Waals surface area contributed by atoms with Crippen molar-refractivity contribution < 1.29 is 9.90 Å². The van der Waals surface area contributed by atoms with Gasteiger partial charge in [0.05, 0.1) is 5.69 Å². The Morgan fingerprint density at radius 1 is 1.08 bits per heavy atom. The quantitative estimate of drug-likeness (QED) is 0.688. The summed E-state index contributed by atoms with van der Waals surface area (Å²) >= 11 is 1.16. The van der Waals surface area contributed by atoms with Gasteiger partial charge >= 0.3 is 5.97 Å². The van der Waals surface area contributed by atoms with E-state index in [2.05, 4.69) is 29.4 Å². The molecule has 24 heavy (non-hydrogen) atoms. The number of carbonyl (C=O) groups is 1. The molecule has 0 aliphatic heterocycles. The smallest absolute Gasteiger partial charge is 0.348 e. The summed E-state index contributed by atoms with van der Waals surface area (Å²) in [5, 5.41) is 13.4. The highest BCUT2D eigenvalue weighted by Crippen LogP contribution is 2.34. The number of aryl methyl sites for hydroxylation is 3. The summed E-state index contributed by atoms with van der Waals surface area (Å²) < 4.78 is 0. The summed E-state index contributed by atoms with van der Waals surface area (Å²) in [4.78, 5) is 16.4. The molecule has 1 aromatic heterocycles. The van der Waals surface area contributed by atoms with Crippen LogP contribution in [0.1, 0.15) is 26.4 Å². The largest absolute Gasteiger partial charge is 0.477 e. The van der Waals surface area contributed by atoms with Crippen LogP contribution in [0.5, 0.6) is 0 Å². The minimum Gasteiger partial charge on any atom is -0.477 e. The van der Waals surface area contributed by atoms with E-state index in [-0.39, 0.29) is 4.88 Å². The van der Waals surface area contributed by atoms with Gasteiger partial charge in [0.2, 0.25) is 0 Å². The van der Waals surface area contributed by atoms with Crippen LogP contribution in [0.15, 0.2) is 42.5 Å². The van der Waals surface area contributed by atoms with E-state index in [1.54, 1.807) is 0 Å².